The Labute approximate surface area is 194 Å². The monoisotopic (exact) mass is 466 g/mol. The lowest BCUT2D eigenvalue weighted by atomic mass is 10.0. The molecule has 1 atom stereocenters. The van der Waals surface area contributed by atoms with Gasteiger partial charge in [-0.1, -0.05) is 22.7 Å². The highest BCUT2D eigenvalue weighted by Crippen LogP contribution is 2.37. The summed E-state index contributed by atoms with van der Waals surface area (Å²) in [5.74, 6) is 1.43. The van der Waals surface area contributed by atoms with Crippen molar-refractivity contribution >= 4 is 23.3 Å². The SMILES string of the molecule is COc1ccc([C@@H](C(=O)NCc2ccc3c(c2)OCO3)N(C(=O)c2csnn2)C2CC2)cc1. The summed E-state index contributed by atoms with van der Waals surface area (Å²) in [5.41, 5.74) is 1.81. The molecule has 33 heavy (non-hydrogen) atoms. The standard InChI is InChI=1S/C23H22N4O5S/c1-30-17-7-3-15(4-8-17)21(27(16-5-6-16)23(29)18-12-33-26-25-18)22(28)24-11-14-2-9-19-20(10-14)32-13-31-19/h2-4,7-10,12,16,21H,5-6,11,13H2,1H3,(H,24,28)/t21-/m0/s1. The number of aromatic nitrogens is 2. The van der Waals surface area contributed by atoms with E-state index in [1.165, 1.54) is 0 Å². The predicted molar refractivity (Wildman–Crippen MR) is 119 cm³/mol. The van der Waals surface area contributed by atoms with Gasteiger partial charge in [-0.2, -0.15) is 0 Å². The van der Waals surface area contributed by atoms with Crippen molar-refractivity contribution in [3.63, 3.8) is 0 Å². The van der Waals surface area contributed by atoms with Gasteiger partial charge in [0, 0.05) is 18.0 Å². The summed E-state index contributed by atoms with van der Waals surface area (Å²) in [6.07, 6.45) is 1.68. The van der Waals surface area contributed by atoms with Crippen LogP contribution < -0.4 is 19.5 Å². The van der Waals surface area contributed by atoms with E-state index in [4.69, 9.17) is 14.2 Å². The molecule has 0 saturated heterocycles. The van der Waals surface area contributed by atoms with Crippen LogP contribution in [0.2, 0.25) is 0 Å². The molecule has 2 aromatic carbocycles. The third kappa shape index (κ3) is 4.47. The van der Waals surface area contributed by atoms with Crippen molar-refractivity contribution in [3.8, 4) is 17.2 Å². The van der Waals surface area contributed by atoms with Gasteiger partial charge in [-0.15, -0.1) is 5.10 Å². The zero-order valence-corrected chi connectivity index (χ0v) is 18.7. The van der Waals surface area contributed by atoms with Crippen molar-refractivity contribution in [1.82, 2.24) is 19.8 Å². The Balaban J connectivity index is 1.42. The largest absolute Gasteiger partial charge is 0.497 e. The van der Waals surface area contributed by atoms with E-state index in [2.05, 4.69) is 14.9 Å². The zero-order chi connectivity index (χ0) is 22.8. The van der Waals surface area contributed by atoms with Gasteiger partial charge in [0.25, 0.3) is 5.91 Å². The first-order valence-electron chi connectivity index (χ1n) is 10.5. The van der Waals surface area contributed by atoms with Crippen LogP contribution in [-0.2, 0) is 11.3 Å². The molecule has 0 spiro atoms. The fourth-order valence-corrected chi connectivity index (χ4v) is 4.23. The fourth-order valence-electron chi connectivity index (χ4n) is 3.80. The maximum atomic E-state index is 13.5. The third-order valence-electron chi connectivity index (χ3n) is 5.62. The minimum Gasteiger partial charge on any atom is -0.497 e. The van der Waals surface area contributed by atoms with Crippen molar-refractivity contribution in [1.29, 1.82) is 0 Å². The van der Waals surface area contributed by atoms with Gasteiger partial charge in [0.1, 0.15) is 11.8 Å². The van der Waals surface area contributed by atoms with E-state index in [0.717, 1.165) is 29.9 Å². The maximum Gasteiger partial charge on any atom is 0.276 e. The second kappa shape index (κ2) is 9.07. The van der Waals surface area contributed by atoms with Gasteiger partial charge in [0.05, 0.1) is 7.11 Å². The number of methoxy groups -OCH3 is 1. The number of carbonyl (C=O) groups is 2. The third-order valence-corrected chi connectivity index (χ3v) is 6.12. The number of carbonyl (C=O) groups excluding carboxylic acids is 2. The van der Waals surface area contributed by atoms with Crippen molar-refractivity contribution in [2.75, 3.05) is 13.9 Å². The van der Waals surface area contributed by atoms with Gasteiger partial charge in [0.2, 0.25) is 12.7 Å². The van der Waals surface area contributed by atoms with Crippen LogP contribution in [0.5, 0.6) is 17.2 Å². The lowest BCUT2D eigenvalue weighted by molar-refractivity contribution is -0.126. The van der Waals surface area contributed by atoms with Crippen LogP contribution in [0.4, 0.5) is 0 Å². The number of rotatable bonds is 8. The molecule has 10 heteroatoms. The predicted octanol–water partition coefficient (Wildman–Crippen LogP) is 2.94. The summed E-state index contributed by atoms with van der Waals surface area (Å²) in [6.45, 7) is 0.474. The fraction of sp³-hybridized carbons (Fsp3) is 0.304. The molecule has 5 rings (SSSR count). The molecule has 2 heterocycles. The van der Waals surface area contributed by atoms with E-state index in [0.29, 0.717) is 22.8 Å². The summed E-state index contributed by atoms with van der Waals surface area (Å²) in [6, 6.07) is 11.9. The van der Waals surface area contributed by atoms with E-state index in [9.17, 15) is 9.59 Å². The number of amides is 2. The molecule has 0 bridgehead atoms. The van der Waals surface area contributed by atoms with Crippen molar-refractivity contribution in [2.24, 2.45) is 0 Å². The molecule has 2 amide bonds. The summed E-state index contributed by atoms with van der Waals surface area (Å²) >= 11 is 1.11. The van der Waals surface area contributed by atoms with Gasteiger partial charge in [-0.3, -0.25) is 9.59 Å². The Bertz CT molecular complexity index is 1150. The average molecular weight is 467 g/mol. The lowest BCUT2D eigenvalue weighted by Crippen LogP contribution is -2.45. The van der Waals surface area contributed by atoms with Crippen LogP contribution >= 0.6 is 11.5 Å². The van der Waals surface area contributed by atoms with E-state index < -0.39 is 6.04 Å². The first-order valence-corrected chi connectivity index (χ1v) is 11.4. The molecule has 9 nitrogen and oxygen atoms in total. The second-order valence-corrected chi connectivity index (χ2v) is 8.42. The van der Waals surface area contributed by atoms with E-state index in [1.54, 1.807) is 29.5 Å². The summed E-state index contributed by atoms with van der Waals surface area (Å²) in [4.78, 5) is 28.5. The Hall–Kier alpha value is -3.66. The first kappa shape index (κ1) is 21.2. The Kier molecular flexibility index (Phi) is 5.82. The zero-order valence-electron chi connectivity index (χ0n) is 17.9. The molecule has 0 radical (unpaired) electrons. The van der Waals surface area contributed by atoms with E-state index >= 15 is 0 Å². The topological polar surface area (TPSA) is 103 Å². The number of nitrogens with one attached hydrogen (secondary N) is 1. The number of ether oxygens (including phenoxy) is 3. The maximum absolute atomic E-state index is 13.5. The highest BCUT2D eigenvalue weighted by molar-refractivity contribution is 7.03. The molecule has 2 aliphatic rings. The second-order valence-electron chi connectivity index (χ2n) is 7.81. The number of benzene rings is 2. The van der Waals surface area contributed by atoms with Gasteiger partial charge < -0.3 is 24.4 Å². The van der Waals surface area contributed by atoms with Crippen LogP contribution in [0, 0.1) is 0 Å². The summed E-state index contributed by atoms with van der Waals surface area (Å²) in [5, 5.41) is 8.53. The van der Waals surface area contributed by atoms with Gasteiger partial charge in [-0.05, 0) is 59.8 Å². The normalized spacial score (nSPS) is 15.1. The highest BCUT2D eigenvalue weighted by Gasteiger charge is 2.42. The number of hydrogen-bond acceptors (Lipinski definition) is 8. The lowest BCUT2D eigenvalue weighted by Gasteiger charge is -2.31. The van der Waals surface area contributed by atoms with Crippen LogP contribution in [0.1, 0.15) is 40.5 Å². The first-order chi connectivity index (χ1) is 16.1. The summed E-state index contributed by atoms with van der Waals surface area (Å²) < 4.78 is 19.8. The smallest absolute Gasteiger partial charge is 0.276 e. The van der Waals surface area contributed by atoms with Gasteiger partial charge in [-0.25, -0.2) is 0 Å². The minimum atomic E-state index is -0.813. The molecule has 1 fully saturated rings. The van der Waals surface area contributed by atoms with Crippen molar-refractivity contribution in [2.45, 2.75) is 31.5 Å². The van der Waals surface area contributed by atoms with Crippen LogP contribution in [-0.4, -0.2) is 46.2 Å². The van der Waals surface area contributed by atoms with Gasteiger partial charge >= 0.3 is 0 Å². The van der Waals surface area contributed by atoms with E-state index in [1.807, 2.05) is 30.3 Å². The van der Waals surface area contributed by atoms with Crippen molar-refractivity contribution < 1.29 is 23.8 Å². The molecule has 1 N–H and O–H groups in total. The van der Waals surface area contributed by atoms with Crippen LogP contribution in [0.3, 0.4) is 0 Å². The molecule has 1 aliphatic carbocycles. The molecular weight excluding hydrogens is 444 g/mol. The molecular formula is C23H22N4O5S. The Morgan fingerprint density at radius 2 is 1.97 bits per heavy atom. The Morgan fingerprint density at radius 3 is 2.67 bits per heavy atom. The van der Waals surface area contributed by atoms with Gasteiger partial charge in [0.15, 0.2) is 17.2 Å². The molecule has 170 valence electrons. The molecule has 3 aromatic rings. The van der Waals surface area contributed by atoms with Crippen molar-refractivity contribution in [3.05, 3.63) is 64.7 Å². The average Bonchev–Trinajstić information content (AvgIpc) is 3.32. The number of nitrogens with zero attached hydrogens (tertiary/aromatic N) is 3. The summed E-state index contributed by atoms with van der Waals surface area (Å²) in [7, 11) is 1.58. The number of hydrogen-bond donors (Lipinski definition) is 1. The minimum absolute atomic E-state index is 0.0254. The number of fused-ring (bicyclic) bond motifs is 1. The highest BCUT2D eigenvalue weighted by atomic mass is 32.1. The molecule has 1 aromatic heterocycles. The van der Waals surface area contributed by atoms with Crippen LogP contribution in [0.15, 0.2) is 47.8 Å². The molecule has 1 saturated carbocycles. The van der Waals surface area contributed by atoms with E-state index in [-0.39, 0.29) is 36.9 Å². The molecule has 0 unspecified atom stereocenters. The van der Waals surface area contributed by atoms with Crippen LogP contribution in [0.25, 0.3) is 0 Å². The quantitative estimate of drug-likeness (QED) is 0.544. The Morgan fingerprint density at radius 1 is 1.18 bits per heavy atom. The molecule has 1 aliphatic heterocycles.